The third kappa shape index (κ3) is 3.79. The van der Waals surface area contributed by atoms with Crippen molar-refractivity contribution in [1.29, 1.82) is 0 Å². The number of carbonyl (C=O) groups excluding carboxylic acids is 2. The summed E-state index contributed by atoms with van der Waals surface area (Å²) in [5, 5.41) is 0.876. The average molecular weight is 379 g/mol. The number of carbonyl (C=O) groups is 2. The largest absolute Gasteiger partial charge is 0.496 e. The number of fused-ring (bicyclic) bond motifs is 1. The Balaban J connectivity index is 2.13. The van der Waals surface area contributed by atoms with Gasteiger partial charge in [-0.3, -0.25) is 9.59 Å². The summed E-state index contributed by atoms with van der Waals surface area (Å²) >= 11 is 0. The molecule has 0 amide bonds. The zero-order chi connectivity index (χ0) is 20.3. The summed E-state index contributed by atoms with van der Waals surface area (Å²) in [7, 11) is 1.63. The van der Waals surface area contributed by atoms with E-state index in [0.29, 0.717) is 24.2 Å². The molecule has 0 fully saturated rings. The van der Waals surface area contributed by atoms with Crippen molar-refractivity contribution >= 4 is 22.7 Å². The maximum Gasteiger partial charge on any atom is 0.302 e. The molecule has 0 aliphatic heterocycles. The van der Waals surface area contributed by atoms with E-state index in [4.69, 9.17) is 9.47 Å². The van der Waals surface area contributed by atoms with E-state index in [1.54, 1.807) is 7.11 Å². The molecule has 0 aliphatic carbocycles. The highest BCUT2D eigenvalue weighted by molar-refractivity contribution is 6.18. The lowest BCUT2D eigenvalue weighted by atomic mass is 9.89. The van der Waals surface area contributed by atoms with Crippen LogP contribution >= 0.6 is 0 Å². The Morgan fingerprint density at radius 1 is 1.11 bits per heavy atom. The number of rotatable bonds is 7. The number of ketones is 1. The first-order valence-corrected chi connectivity index (χ1v) is 9.36. The van der Waals surface area contributed by atoms with Gasteiger partial charge < -0.3 is 14.5 Å². The lowest BCUT2D eigenvalue weighted by Crippen LogP contribution is -2.08. The van der Waals surface area contributed by atoms with Crippen molar-refractivity contribution in [1.82, 2.24) is 4.98 Å². The van der Waals surface area contributed by atoms with Crippen LogP contribution in [0.3, 0.4) is 0 Å². The van der Waals surface area contributed by atoms with E-state index >= 15 is 0 Å². The van der Waals surface area contributed by atoms with Gasteiger partial charge in [-0.2, -0.15) is 0 Å². The first kappa shape index (κ1) is 19.7. The van der Waals surface area contributed by atoms with Gasteiger partial charge in [0.05, 0.1) is 19.3 Å². The van der Waals surface area contributed by atoms with Gasteiger partial charge in [0, 0.05) is 34.6 Å². The molecule has 5 nitrogen and oxygen atoms in total. The molecular formula is C23H25NO4. The molecule has 146 valence electrons. The number of aromatic nitrogens is 1. The summed E-state index contributed by atoms with van der Waals surface area (Å²) in [4.78, 5) is 27.7. The van der Waals surface area contributed by atoms with Crippen LogP contribution in [0, 0.1) is 6.92 Å². The fraction of sp³-hybridized carbons (Fsp3) is 0.304. The lowest BCUT2D eigenvalue weighted by molar-refractivity contribution is -0.141. The summed E-state index contributed by atoms with van der Waals surface area (Å²) in [6.45, 7) is 5.69. The highest BCUT2D eigenvalue weighted by Gasteiger charge is 2.24. The quantitative estimate of drug-likeness (QED) is 0.474. The van der Waals surface area contributed by atoms with Gasteiger partial charge in [0.1, 0.15) is 5.75 Å². The number of H-pyrrole nitrogens is 1. The fourth-order valence-electron chi connectivity index (χ4n) is 3.63. The van der Waals surface area contributed by atoms with Gasteiger partial charge in [-0.15, -0.1) is 0 Å². The van der Waals surface area contributed by atoms with Crippen LogP contribution < -0.4 is 4.74 Å². The van der Waals surface area contributed by atoms with Crippen molar-refractivity contribution < 1.29 is 19.1 Å². The molecule has 0 radical (unpaired) electrons. The maximum absolute atomic E-state index is 13.3. The van der Waals surface area contributed by atoms with Gasteiger partial charge in [0.25, 0.3) is 0 Å². The Kier molecular flexibility index (Phi) is 5.83. The van der Waals surface area contributed by atoms with Crippen LogP contribution in [0.1, 0.15) is 53.4 Å². The second kappa shape index (κ2) is 8.30. The first-order valence-electron chi connectivity index (χ1n) is 9.36. The summed E-state index contributed by atoms with van der Waals surface area (Å²) < 4.78 is 10.7. The standard InChI is InChI=1S/C23H25NO4/c1-14(12-13-28-16(3)25)20-19(27-4)11-10-18-22(20)21(15(2)24-18)23(26)17-8-6-5-7-9-17/h5-11,14,24H,12-13H2,1-4H3. The number of nitrogens with one attached hydrogen (secondary N) is 1. The molecular weight excluding hydrogens is 354 g/mol. The molecule has 1 heterocycles. The van der Waals surface area contributed by atoms with Gasteiger partial charge in [-0.1, -0.05) is 37.3 Å². The predicted molar refractivity (Wildman–Crippen MR) is 109 cm³/mol. The van der Waals surface area contributed by atoms with Gasteiger partial charge in [-0.05, 0) is 31.4 Å². The smallest absolute Gasteiger partial charge is 0.302 e. The summed E-state index contributed by atoms with van der Waals surface area (Å²) in [6.07, 6.45) is 0.637. The van der Waals surface area contributed by atoms with Crippen LogP contribution in [0.2, 0.25) is 0 Å². The van der Waals surface area contributed by atoms with Crippen LogP contribution in [0.15, 0.2) is 42.5 Å². The van der Waals surface area contributed by atoms with E-state index in [-0.39, 0.29) is 17.7 Å². The van der Waals surface area contributed by atoms with Gasteiger partial charge >= 0.3 is 5.97 Å². The Morgan fingerprint density at radius 2 is 1.82 bits per heavy atom. The van der Waals surface area contributed by atoms with Crippen molar-refractivity contribution in [2.45, 2.75) is 33.1 Å². The Morgan fingerprint density at radius 3 is 2.46 bits per heavy atom. The summed E-state index contributed by atoms with van der Waals surface area (Å²) in [5.41, 5.74) is 3.98. The molecule has 1 N–H and O–H groups in total. The van der Waals surface area contributed by atoms with E-state index < -0.39 is 0 Å². The Bertz CT molecular complexity index is 1000. The number of ether oxygens (including phenoxy) is 2. The highest BCUT2D eigenvalue weighted by Crippen LogP contribution is 2.39. The van der Waals surface area contributed by atoms with Crippen LogP contribution in [0.5, 0.6) is 5.75 Å². The van der Waals surface area contributed by atoms with E-state index in [9.17, 15) is 9.59 Å². The molecule has 3 rings (SSSR count). The zero-order valence-corrected chi connectivity index (χ0v) is 16.7. The maximum atomic E-state index is 13.3. The van der Waals surface area contributed by atoms with E-state index in [0.717, 1.165) is 27.9 Å². The third-order valence-corrected chi connectivity index (χ3v) is 4.98. The highest BCUT2D eigenvalue weighted by atomic mass is 16.5. The normalized spacial score (nSPS) is 12.0. The average Bonchev–Trinajstić information content (AvgIpc) is 3.02. The van der Waals surface area contributed by atoms with Crippen molar-refractivity contribution in [3.8, 4) is 5.75 Å². The van der Waals surface area contributed by atoms with Crippen LogP contribution in [-0.4, -0.2) is 30.5 Å². The summed E-state index contributed by atoms with van der Waals surface area (Å²) in [6, 6.07) is 13.1. The number of aromatic amines is 1. The molecule has 3 aromatic rings. The second-order valence-corrected chi connectivity index (χ2v) is 6.95. The molecule has 0 saturated heterocycles. The number of aryl methyl sites for hydroxylation is 1. The summed E-state index contributed by atoms with van der Waals surface area (Å²) in [5.74, 6) is 0.445. The Labute approximate surface area is 164 Å². The van der Waals surface area contributed by atoms with Crippen LogP contribution in [-0.2, 0) is 9.53 Å². The molecule has 2 aromatic carbocycles. The van der Waals surface area contributed by atoms with Gasteiger partial charge in [0.15, 0.2) is 5.78 Å². The number of hydrogen-bond acceptors (Lipinski definition) is 4. The molecule has 1 aromatic heterocycles. The Hall–Kier alpha value is -3.08. The van der Waals surface area contributed by atoms with Crippen LogP contribution in [0.4, 0.5) is 0 Å². The lowest BCUT2D eigenvalue weighted by Gasteiger charge is -2.18. The number of methoxy groups -OCH3 is 1. The van der Waals surface area contributed by atoms with E-state index in [1.807, 2.05) is 49.4 Å². The molecule has 0 saturated carbocycles. The minimum atomic E-state index is -0.296. The molecule has 0 aliphatic rings. The minimum Gasteiger partial charge on any atom is -0.496 e. The van der Waals surface area contributed by atoms with E-state index in [2.05, 4.69) is 11.9 Å². The third-order valence-electron chi connectivity index (χ3n) is 4.98. The molecule has 5 heteroatoms. The van der Waals surface area contributed by atoms with Gasteiger partial charge in [0.2, 0.25) is 0 Å². The minimum absolute atomic E-state index is 0.0222. The fourth-order valence-corrected chi connectivity index (χ4v) is 3.63. The number of hydrogen-bond donors (Lipinski definition) is 1. The van der Waals surface area contributed by atoms with Crippen molar-refractivity contribution in [2.24, 2.45) is 0 Å². The van der Waals surface area contributed by atoms with Crippen molar-refractivity contribution in [3.05, 3.63) is 64.8 Å². The topological polar surface area (TPSA) is 68.4 Å². The zero-order valence-electron chi connectivity index (χ0n) is 16.7. The first-order chi connectivity index (χ1) is 13.4. The molecule has 0 bridgehead atoms. The molecule has 1 unspecified atom stereocenters. The molecule has 0 spiro atoms. The predicted octanol–water partition coefficient (Wildman–Crippen LogP) is 4.77. The molecule has 1 atom stereocenters. The SMILES string of the molecule is COc1ccc2[nH]c(C)c(C(=O)c3ccccc3)c2c1C(C)CCOC(C)=O. The van der Waals surface area contributed by atoms with Gasteiger partial charge in [-0.25, -0.2) is 0 Å². The second-order valence-electron chi connectivity index (χ2n) is 6.95. The van der Waals surface area contributed by atoms with Crippen LogP contribution in [0.25, 0.3) is 10.9 Å². The number of esters is 1. The number of benzene rings is 2. The van der Waals surface area contributed by atoms with Crippen molar-refractivity contribution in [2.75, 3.05) is 13.7 Å². The van der Waals surface area contributed by atoms with Crippen molar-refractivity contribution in [3.63, 3.8) is 0 Å². The molecule has 28 heavy (non-hydrogen) atoms. The monoisotopic (exact) mass is 379 g/mol. The van der Waals surface area contributed by atoms with E-state index in [1.165, 1.54) is 6.92 Å².